The van der Waals surface area contributed by atoms with Crippen molar-refractivity contribution in [3.8, 4) is 0 Å². The van der Waals surface area contributed by atoms with E-state index in [0.29, 0.717) is 18.3 Å². The second-order valence-corrected chi connectivity index (χ2v) is 17.0. The lowest BCUT2D eigenvalue weighted by Gasteiger charge is -2.67. The van der Waals surface area contributed by atoms with Gasteiger partial charge >= 0.3 is 0 Å². The van der Waals surface area contributed by atoms with E-state index in [1.54, 1.807) is 7.11 Å². The highest BCUT2D eigenvalue weighted by Gasteiger charge is 2.70. The minimum absolute atomic E-state index is 0.0119. The van der Waals surface area contributed by atoms with E-state index >= 15 is 0 Å². The van der Waals surface area contributed by atoms with E-state index in [-0.39, 0.29) is 40.3 Å². The molecule has 0 aromatic rings. The van der Waals surface area contributed by atoms with E-state index in [4.69, 9.17) is 14.2 Å². The summed E-state index contributed by atoms with van der Waals surface area (Å²) in [7, 11) is 1.74. The number of aliphatic hydroxyl groups excluding tert-OH is 6. The first kappa shape index (κ1) is 36.4. The largest absolute Gasteiger partial charge is 0.395 e. The lowest BCUT2D eigenvalue weighted by Crippen LogP contribution is -2.65. The fraction of sp³-hybridized carbons (Fsp3) is 0.892. The molecule has 264 valence electrons. The fourth-order valence-electron chi connectivity index (χ4n) is 11.0. The van der Waals surface area contributed by atoms with Crippen LogP contribution in [-0.2, 0) is 14.2 Å². The van der Waals surface area contributed by atoms with Crippen molar-refractivity contribution in [3.63, 3.8) is 0 Å². The van der Waals surface area contributed by atoms with Crippen LogP contribution in [0.4, 0.5) is 0 Å². The second kappa shape index (κ2) is 12.8. The molecule has 4 fully saturated rings. The lowest BCUT2D eigenvalue weighted by atomic mass is 9.38. The highest BCUT2D eigenvalue weighted by atomic mass is 16.7. The minimum Gasteiger partial charge on any atom is -0.395 e. The molecule has 46 heavy (non-hydrogen) atoms. The molecule has 0 aromatic heterocycles. The Morgan fingerprint density at radius 3 is 2.28 bits per heavy atom. The van der Waals surface area contributed by atoms with Crippen LogP contribution in [0.25, 0.3) is 0 Å². The Bertz CT molecular complexity index is 1150. The molecule has 0 bridgehead atoms. The molecule has 0 spiro atoms. The topological polar surface area (TPSA) is 149 Å². The van der Waals surface area contributed by atoms with Gasteiger partial charge in [-0.15, -0.1) is 0 Å². The highest BCUT2D eigenvalue weighted by Crippen LogP contribution is 2.75. The fourth-order valence-corrected chi connectivity index (χ4v) is 11.0. The SMILES string of the molecule is COC(C)(C)C=CCC(C)C1CCC2(C)C3C(OC4OC(CO)C(O)C(O)C4O)C=C4C(CCC(O)C4(C)CO)C3(C)CCC12C. The summed E-state index contributed by atoms with van der Waals surface area (Å²) in [4.78, 5) is 0. The third kappa shape index (κ3) is 5.58. The minimum atomic E-state index is -1.54. The van der Waals surface area contributed by atoms with Crippen molar-refractivity contribution in [1.82, 2.24) is 0 Å². The molecular formula is C37H62O9. The number of hydrogen-bond donors (Lipinski definition) is 6. The van der Waals surface area contributed by atoms with Crippen LogP contribution in [0.3, 0.4) is 0 Å². The third-order valence-corrected chi connectivity index (χ3v) is 14.4. The van der Waals surface area contributed by atoms with E-state index in [0.717, 1.165) is 44.1 Å². The van der Waals surface area contributed by atoms with Gasteiger partial charge in [0.2, 0.25) is 0 Å². The molecular weight excluding hydrogens is 588 g/mol. The molecule has 0 radical (unpaired) electrons. The lowest BCUT2D eigenvalue weighted by molar-refractivity contribution is -0.322. The summed E-state index contributed by atoms with van der Waals surface area (Å²) in [5.41, 5.74) is -0.473. The Morgan fingerprint density at radius 2 is 1.65 bits per heavy atom. The molecule has 6 N–H and O–H groups in total. The molecule has 0 amide bonds. The number of rotatable bonds is 9. The maximum atomic E-state index is 11.2. The van der Waals surface area contributed by atoms with Gasteiger partial charge in [0.25, 0.3) is 0 Å². The molecule has 1 saturated heterocycles. The van der Waals surface area contributed by atoms with Gasteiger partial charge in [-0.2, -0.15) is 0 Å². The summed E-state index contributed by atoms with van der Waals surface area (Å²) in [6.45, 7) is 15.0. The standard InChI is InChI=1S/C37H62O9/c1-21(10-9-14-33(2,3)44-8)22-13-15-37(7)31-25(45-32-30(43)29(42)28(41)26(19-38)46-32)18-24-23(11-12-27(40)35(24,5)20-39)34(31,4)16-17-36(22,37)6/h9,14,18,21-23,25-32,38-43H,10-13,15-17,19-20H2,1-8H3. The van der Waals surface area contributed by atoms with E-state index in [1.165, 1.54) is 0 Å². The maximum Gasteiger partial charge on any atom is 0.187 e. The van der Waals surface area contributed by atoms with Crippen LogP contribution in [0, 0.1) is 45.3 Å². The van der Waals surface area contributed by atoms with Crippen LogP contribution in [0.1, 0.15) is 93.4 Å². The monoisotopic (exact) mass is 650 g/mol. The summed E-state index contributed by atoms with van der Waals surface area (Å²) >= 11 is 0. The predicted octanol–water partition coefficient (Wildman–Crippen LogP) is 3.73. The van der Waals surface area contributed by atoms with Crippen molar-refractivity contribution in [2.24, 2.45) is 45.3 Å². The number of hydrogen-bond acceptors (Lipinski definition) is 9. The van der Waals surface area contributed by atoms with Crippen LogP contribution in [0.15, 0.2) is 23.8 Å². The van der Waals surface area contributed by atoms with E-state index < -0.39 is 54.9 Å². The molecule has 0 aromatic carbocycles. The average molecular weight is 651 g/mol. The van der Waals surface area contributed by atoms with Crippen LogP contribution < -0.4 is 0 Å². The van der Waals surface area contributed by atoms with Crippen LogP contribution >= 0.6 is 0 Å². The zero-order chi connectivity index (χ0) is 34.0. The molecule has 1 heterocycles. The first-order valence-electron chi connectivity index (χ1n) is 17.6. The van der Waals surface area contributed by atoms with Gasteiger partial charge in [0.15, 0.2) is 6.29 Å². The Morgan fingerprint density at radius 1 is 0.957 bits per heavy atom. The van der Waals surface area contributed by atoms with Gasteiger partial charge in [-0.1, -0.05) is 58.4 Å². The number of aliphatic hydroxyl groups is 6. The molecule has 5 rings (SSSR count). The van der Waals surface area contributed by atoms with Gasteiger partial charge in [0.05, 0.1) is 31.0 Å². The Hall–Kier alpha value is -0.880. The molecule has 9 heteroatoms. The van der Waals surface area contributed by atoms with E-state index in [1.807, 2.05) is 6.92 Å². The van der Waals surface area contributed by atoms with Crippen LogP contribution in [0.5, 0.6) is 0 Å². The van der Waals surface area contributed by atoms with Gasteiger partial charge in [-0.3, -0.25) is 0 Å². The molecule has 1 aliphatic heterocycles. The Balaban J connectivity index is 1.55. The molecule has 9 nitrogen and oxygen atoms in total. The van der Waals surface area contributed by atoms with Crippen molar-refractivity contribution in [2.45, 2.75) is 142 Å². The summed E-state index contributed by atoms with van der Waals surface area (Å²) in [5.74, 6) is 1.14. The van der Waals surface area contributed by atoms with Gasteiger partial charge in [0.1, 0.15) is 24.4 Å². The molecule has 5 aliphatic rings. The van der Waals surface area contributed by atoms with Crippen molar-refractivity contribution in [3.05, 3.63) is 23.8 Å². The van der Waals surface area contributed by atoms with Gasteiger partial charge in [-0.25, -0.2) is 0 Å². The van der Waals surface area contributed by atoms with Crippen molar-refractivity contribution in [1.29, 1.82) is 0 Å². The van der Waals surface area contributed by atoms with Gasteiger partial charge in [-0.05, 0) is 92.8 Å². The summed E-state index contributed by atoms with van der Waals surface area (Å²) < 4.78 is 18.3. The molecule has 15 unspecified atom stereocenters. The Kier molecular flexibility index (Phi) is 10.1. The van der Waals surface area contributed by atoms with E-state index in [2.05, 4.69) is 59.8 Å². The number of allylic oxidation sites excluding steroid dienone is 1. The number of fused-ring (bicyclic) bond motifs is 5. The van der Waals surface area contributed by atoms with Gasteiger partial charge in [0, 0.05) is 18.4 Å². The van der Waals surface area contributed by atoms with E-state index in [9.17, 15) is 30.6 Å². The average Bonchev–Trinajstić information content (AvgIpc) is 3.29. The zero-order valence-corrected chi connectivity index (χ0v) is 29.4. The second-order valence-electron chi connectivity index (χ2n) is 17.0. The normalized spacial score (nSPS) is 50.1. The summed E-state index contributed by atoms with van der Waals surface area (Å²) in [6.07, 6.45) is 5.00. The van der Waals surface area contributed by atoms with Crippen molar-refractivity contribution >= 4 is 0 Å². The first-order chi connectivity index (χ1) is 21.4. The molecule has 3 saturated carbocycles. The summed E-state index contributed by atoms with van der Waals surface area (Å²) in [6, 6.07) is 0. The third-order valence-electron chi connectivity index (χ3n) is 14.4. The molecule has 15 atom stereocenters. The quantitative estimate of drug-likeness (QED) is 0.205. The number of methoxy groups -OCH3 is 1. The summed E-state index contributed by atoms with van der Waals surface area (Å²) in [5, 5.41) is 63.9. The number of ether oxygens (including phenoxy) is 3. The maximum absolute atomic E-state index is 11.2. The zero-order valence-electron chi connectivity index (χ0n) is 29.4. The van der Waals surface area contributed by atoms with Gasteiger partial charge < -0.3 is 44.8 Å². The predicted molar refractivity (Wildman–Crippen MR) is 174 cm³/mol. The first-order valence-corrected chi connectivity index (χ1v) is 17.6. The Labute approximate surface area is 276 Å². The highest BCUT2D eigenvalue weighted by molar-refractivity contribution is 5.33. The van der Waals surface area contributed by atoms with Crippen LogP contribution in [-0.4, -0.2) is 99.5 Å². The van der Waals surface area contributed by atoms with Crippen LogP contribution in [0.2, 0.25) is 0 Å². The smallest absolute Gasteiger partial charge is 0.187 e. The molecule has 4 aliphatic carbocycles. The van der Waals surface area contributed by atoms with Crippen molar-refractivity contribution < 1.29 is 44.8 Å². The van der Waals surface area contributed by atoms with Crippen molar-refractivity contribution in [2.75, 3.05) is 20.3 Å².